The van der Waals surface area contributed by atoms with E-state index in [1.807, 2.05) is 24.3 Å². The summed E-state index contributed by atoms with van der Waals surface area (Å²) in [7, 11) is 1.57. The molecule has 0 fully saturated rings. The summed E-state index contributed by atoms with van der Waals surface area (Å²) >= 11 is 0. The summed E-state index contributed by atoms with van der Waals surface area (Å²) in [6.07, 6.45) is 0.384. The Balaban J connectivity index is 1.59. The number of carbonyl (C=O) groups excluding carboxylic acids is 1. The fourth-order valence-electron chi connectivity index (χ4n) is 2.27. The highest BCUT2D eigenvalue weighted by atomic mass is 19.1. The largest absolute Gasteiger partial charge is 0.496 e. The molecule has 0 unspecified atom stereocenters. The summed E-state index contributed by atoms with van der Waals surface area (Å²) in [5, 5.41) is 10.7. The second-order valence-corrected chi connectivity index (χ2v) is 5.21. The van der Waals surface area contributed by atoms with E-state index in [9.17, 15) is 9.18 Å². The lowest BCUT2D eigenvalue weighted by Gasteiger charge is -2.04. The van der Waals surface area contributed by atoms with Crippen molar-refractivity contribution < 1.29 is 18.3 Å². The molecule has 0 bridgehead atoms. The van der Waals surface area contributed by atoms with Crippen LogP contribution < -0.4 is 10.1 Å². The van der Waals surface area contributed by atoms with Crippen LogP contribution in [0.1, 0.15) is 16.2 Å². The van der Waals surface area contributed by atoms with E-state index in [1.165, 1.54) is 24.3 Å². The zero-order valence-electron chi connectivity index (χ0n) is 13.5. The van der Waals surface area contributed by atoms with E-state index < -0.39 is 0 Å². The molecule has 1 amide bonds. The number of hydrogen-bond acceptors (Lipinski definition) is 5. The van der Waals surface area contributed by atoms with E-state index in [2.05, 4.69) is 15.5 Å². The zero-order valence-corrected chi connectivity index (χ0v) is 13.5. The SMILES string of the molecule is COc1ccccc1-c1nnc(CCNC(=O)c2ccc(F)cc2)o1. The van der Waals surface area contributed by atoms with Crippen LogP contribution >= 0.6 is 0 Å². The van der Waals surface area contributed by atoms with Gasteiger partial charge in [0.25, 0.3) is 11.8 Å². The van der Waals surface area contributed by atoms with Crippen molar-refractivity contribution in [1.82, 2.24) is 15.5 Å². The van der Waals surface area contributed by atoms with Gasteiger partial charge in [-0.05, 0) is 36.4 Å². The minimum Gasteiger partial charge on any atom is -0.496 e. The van der Waals surface area contributed by atoms with Gasteiger partial charge in [-0.25, -0.2) is 4.39 Å². The maximum Gasteiger partial charge on any atom is 0.251 e. The number of para-hydroxylation sites is 1. The third-order valence-corrected chi connectivity index (χ3v) is 3.54. The molecule has 6 nitrogen and oxygen atoms in total. The highest BCUT2D eigenvalue weighted by Crippen LogP contribution is 2.28. The van der Waals surface area contributed by atoms with Gasteiger partial charge in [0.2, 0.25) is 5.89 Å². The number of hydrogen-bond donors (Lipinski definition) is 1. The molecule has 0 aliphatic heterocycles. The number of nitrogens with zero attached hydrogens (tertiary/aromatic N) is 2. The summed E-state index contributed by atoms with van der Waals surface area (Å²) in [5.74, 6) is 0.732. The van der Waals surface area contributed by atoms with E-state index in [-0.39, 0.29) is 11.7 Å². The van der Waals surface area contributed by atoms with Crippen LogP contribution in [0.3, 0.4) is 0 Å². The van der Waals surface area contributed by atoms with E-state index in [1.54, 1.807) is 7.11 Å². The summed E-state index contributed by atoms with van der Waals surface area (Å²) < 4.78 is 23.7. The molecule has 2 aromatic carbocycles. The number of amides is 1. The topological polar surface area (TPSA) is 77.3 Å². The molecule has 0 saturated carbocycles. The molecule has 1 N–H and O–H groups in total. The molecule has 0 atom stereocenters. The third-order valence-electron chi connectivity index (χ3n) is 3.54. The Morgan fingerprint density at radius 2 is 1.92 bits per heavy atom. The van der Waals surface area contributed by atoms with E-state index >= 15 is 0 Å². The van der Waals surface area contributed by atoms with Crippen molar-refractivity contribution in [3.05, 3.63) is 65.8 Å². The first-order valence-electron chi connectivity index (χ1n) is 7.67. The van der Waals surface area contributed by atoms with Crippen LogP contribution in [0.15, 0.2) is 52.9 Å². The standard InChI is InChI=1S/C18H16FN3O3/c1-24-15-5-3-2-4-14(15)18-22-21-16(25-18)10-11-20-17(23)12-6-8-13(19)9-7-12/h2-9H,10-11H2,1H3,(H,20,23). The summed E-state index contributed by atoms with van der Waals surface area (Å²) in [6.45, 7) is 0.323. The number of carbonyl (C=O) groups is 1. The first-order chi connectivity index (χ1) is 12.2. The fraction of sp³-hybridized carbons (Fsp3) is 0.167. The van der Waals surface area contributed by atoms with Gasteiger partial charge in [-0.1, -0.05) is 12.1 Å². The molecule has 0 spiro atoms. The zero-order chi connectivity index (χ0) is 17.6. The molecule has 3 aromatic rings. The van der Waals surface area contributed by atoms with Crippen molar-refractivity contribution in [3.8, 4) is 17.2 Å². The van der Waals surface area contributed by atoms with Gasteiger partial charge < -0.3 is 14.5 Å². The second kappa shape index (κ2) is 7.57. The van der Waals surface area contributed by atoms with E-state index in [0.29, 0.717) is 41.6 Å². The molecule has 25 heavy (non-hydrogen) atoms. The lowest BCUT2D eigenvalue weighted by atomic mass is 10.2. The van der Waals surface area contributed by atoms with Crippen molar-refractivity contribution in [2.45, 2.75) is 6.42 Å². The Morgan fingerprint density at radius 1 is 1.16 bits per heavy atom. The Morgan fingerprint density at radius 3 is 2.68 bits per heavy atom. The highest BCUT2D eigenvalue weighted by molar-refractivity contribution is 5.94. The highest BCUT2D eigenvalue weighted by Gasteiger charge is 2.13. The van der Waals surface area contributed by atoms with Crippen molar-refractivity contribution in [3.63, 3.8) is 0 Å². The summed E-state index contributed by atoms with van der Waals surface area (Å²) in [5.41, 5.74) is 1.10. The van der Waals surface area contributed by atoms with Gasteiger partial charge in [-0.15, -0.1) is 10.2 Å². The van der Waals surface area contributed by atoms with Gasteiger partial charge in [-0.3, -0.25) is 4.79 Å². The van der Waals surface area contributed by atoms with Gasteiger partial charge in [0.05, 0.1) is 12.7 Å². The number of aromatic nitrogens is 2. The van der Waals surface area contributed by atoms with Crippen molar-refractivity contribution in [1.29, 1.82) is 0 Å². The van der Waals surface area contributed by atoms with Gasteiger partial charge >= 0.3 is 0 Å². The van der Waals surface area contributed by atoms with Crippen molar-refractivity contribution in [2.75, 3.05) is 13.7 Å². The Labute approximate surface area is 143 Å². The van der Waals surface area contributed by atoms with Crippen LogP contribution in [-0.2, 0) is 6.42 Å². The van der Waals surface area contributed by atoms with Crippen molar-refractivity contribution >= 4 is 5.91 Å². The minimum absolute atomic E-state index is 0.288. The van der Waals surface area contributed by atoms with Crippen LogP contribution in [0.2, 0.25) is 0 Å². The van der Waals surface area contributed by atoms with E-state index in [0.717, 1.165) is 0 Å². The molecule has 128 valence electrons. The molecule has 7 heteroatoms. The van der Waals surface area contributed by atoms with E-state index in [4.69, 9.17) is 9.15 Å². The molecule has 1 heterocycles. The molecule has 1 aromatic heterocycles. The molecule has 0 radical (unpaired) electrons. The van der Waals surface area contributed by atoms with Gasteiger partial charge in [0.1, 0.15) is 11.6 Å². The van der Waals surface area contributed by atoms with Gasteiger partial charge in [0.15, 0.2) is 0 Å². The van der Waals surface area contributed by atoms with Gasteiger partial charge in [0, 0.05) is 18.5 Å². The normalized spacial score (nSPS) is 10.5. The first kappa shape index (κ1) is 16.6. The lowest BCUT2D eigenvalue weighted by molar-refractivity contribution is 0.0953. The number of rotatable bonds is 6. The quantitative estimate of drug-likeness (QED) is 0.746. The number of halogens is 1. The minimum atomic E-state index is -0.383. The number of nitrogens with one attached hydrogen (secondary N) is 1. The Bertz CT molecular complexity index is 862. The summed E-state index contributed by atoms with van der Waals surface area (Å²) in [6, 6.07) is 12.7. The molecule has 0 aliphatic rings. The Kier molecular flexibility index (Phi) is 5.03. The third kappa shape index (κ3) is 4.00. The molecule has 3 rings (SSSR count). The average molecular weight is 341 g/mol. The van der Waals surface area contributed by atoms with Gasteiger partial charge in [-0.2, -0.15) is 0 Å². The maximum absolute atomic E-state index is 12.9. The second-order valence-electron chi connectivity index (χ2n) is 5.21. The summed E-state index contributed by atoms with van der Waals surface area (Å²) in [4.78, 5) is 11.9. The molecular formula is C18H16FN3O3. The average Bonchev–Trinajstić information content (AvgIpc) is 3.11. The van der Waals surface area contributed by atoms with Crippen molar-refractivity contribution in [2.24, 2.45) is 0 Å². The predicted molar refractivity (Wildman–Crippen MR) is 88.7 cm³/mol. The predicted octanol–water partition coefficient (Wildman–Crippen LogP) is 2.86. The molecule has 0 saturated heterocycles. The fourth-order valence-corrected chi connectivity index (χ4v) is 2.27. The number of methoxy groups -OCH3 is 1. The van der Waals surface area contributed by atoms with Crippen LogP contribution in [0.25, 0.3) is 11.5 Å². The smallest absolute Gasteiger partial charge is 0.251 e. The van der Waals surface area contributed by atoms with Crippen LogP contribution in [0.4, 0.5) is 4.39 Å². The van der Waals surface area contributed by atoms with Crippen LogP contribution in [-0.4, -0.2) is 29.8 Å². The van der Waals surface area contributed by atoms with Crippen LogP contribution in [0.5, 0.6) is 5.75 Å². The molecule has 0 aliphatic carbocycles. The Hall–Kier alpha value is -3.22. The monoisotopic (exact) mass is 341 g/mol. The lowest BCUT2D eigenvalue weighted by Crippen LogP contribution is -2.25. The molecular weight excluding hydrogens is 325 g/mol. The van der Waals surface area contributed by atoms with Crippen LogP contribution in [0, 0.1) is 5.82 Å². The maximum atomic E-state index is 12.9. The number of ether oxygens (including phenoxy) is 1. The number of benzene rings is 2. The first-order valence-corrected chi connectivity index (χ1v) is 7.67.